The highest BCUT2D eigenvalue weighted by atomic mass is 16.3. The van der Waals surface area contributed by atoms with Crippen molar-refractivity contribution < 1.29 is 14.7 Å². The van der Waals surface area contributed by atoms with E-state index in [-0.39, 0.29) is 31.1 Å². The Labute approximate surface area is 70.4 Å². The molecule has 2 N–H and O–H groups in total. The fraction of sp³-hybridized carbons (Fsp3) is 0.714. The van der Waals surface area contributed by atoms with E-state index in [2.05, 4.69) is 5.32 Å². The van der Waals surface area contributed by atoms with E-state index in [4.69, 9.17) is 5.11 Å². The fourth-order valence-corrected chi connectivity index (χ4v) is 1.20. The van der Waals surface area contributed by atoms with Crippen LogP contribution in [-0.4, -0.2) is 41.1 Å². The van der Waals surface area contributed by atoms with Crippen molar-refractivity contribution in [2.75, 3.05) is 13.2 Å². The van der Waals surface area contributed by atoms with Crippen LogP contribution in [0.25, 0.3) is 0 Å². The average Bonchev–Trinajstić information content (AvgIpc) is 2.32. The molecule has 5 nitrogen and oxygen atoms in total. The smallest absolute Gasteiger partial charge is 0.324 e. The third-order valence-electron chi connectivity index (χ3n) is 1.87. The molecule has 12 heavy (non-hydrogen) atoms. The number of amides is 3. The highest BCUT2D eigenvalue weighted by Crippen LogP contribution is 2.07. The summed E-state index contributed by atoms with van der Waals surface area (Å²) in [5.41, 5.74) is 0. The van der Waals surface area contributed by atoms with Gasteiger partial charge in [0.05, 0.1) is 6.54 Å². The van der Waals surface area contributed by atoms with Crippen molar-refractivity contribution in [3.05, 3.63) is 0 Å². The van der Waals surface area contributed by atoms with E-state index in [1.807, 2.05) is 0 Å². The van der Waals surface area contributed by atoms with Gasteiger partial charge in [-0.3, -0.25) is 9.69 Å². The molecule has 0 aliphatic carbocycles. The normalized spacial score (nSPS) is 19.7. The number of nitrogens with zero attached hydrogens (tertiary/aromatic N) is 1. The third-order valence-corrected chi connectivity index (χ3v) is 1.87. The Balaban J connectivity index is 2.59. The van der Waals surface area contributed by atoms with Gasteiger partial charge in [0.2, 0.25) is 5.91 Å². The summed E-state index contributed by atoms with van der Waals surface area (Å²) >= 11 is 0. The van der Waals surface area contributed by atoms with Gasteiger partial charge in [0.1, 0.15) is 0 Å². The Kier molecular flexibility index (Phi) is 2.65. The Morgan fingerprint density at radius 2 is 2.33 bits per heavy atom. The summed E-state index contributed by atoms with van der Waals surface area (Å²) in [7, 11) is 0. The summed E-state index contributed by atoms with van der Waals surface area (Å²) < 4.78 is 0. The lowest BCUT2D eigenvalue weighted by Crippen LogP contribution is -2.39. The van der Waals surface area contributed by atoms with E-state index in [9.17, 15) is 9.59 Å². The first-order valence-electron chi connectivity index (χ1n) is 3.87. The van der Waals surface area contributed by atoms with Gasteiger partial charge in [0.25, 0.3) is 0 Å². The van der Waals surface area contributed by atoms with Crippen LogP contribution in [0.1, 0.15) is 13.3 Å². The van der Waals surface area contributed by atoms with Crippen molar-refractivity contribution in [1.29, 1.82) is 0 Å². The molecule has 1 saturated heterocycles. The maximum absolute atomic E-state index is 11.1. The predicted molar refractivity (Wildman–Crippen MR) is 41.4 cm³/mol. The second-order valence-corrected chi connectivity index (χ2v) is 2.78. The van der Waals surface area contributed by atoms with Gasteiger partial charge < -0.3 is 10.4 Å². The van der Waals surface area contributed by atoms with Crippen LogP contribution in [0, 0.1) is 0 Å². The van der Waals surface area contributed by atoms with Gasteiger partial charge in [-0.1, -0.05) is 0 Å². The summed E-state index contributed by atoms with van der Waals surface area (Å²) in [6.07, 6.45) is 0.430. The van der Waals surface area contributed by atoms with E-state index in [1.54, 1.807) is 6.92 Å². The van der Waals surface area contributed by atoms with E-state index in [0.29, 0.717) is 6.42 Å². The number of hydrogen-bond acceptors (Lipinski definition) is 3. The first kappa shape index (κ1) is 8.99. The number of rotatable bonds is 3. The molecule has 0 aromatic heterocycles. The Hall–Kier alpha value is -1.10. The molecule has 1 fully saturated rings. The monoisotopic (exact) mass is 172 g/mol. The number of nitrogens with one attached hydrogen (secondary N) is 1. The highest BCUT2D eigenvalue weighted by molar-refractivity contribution is 6.02. The summed E-state index contributed by atoms with van der Waals surface area (Å²) in [4.78, 5) is 23.2. The molecule has 0 bridgehead atoms. The SMILES string of the molecule is CC(CCO)N1C(=O)CNC1=O. The van der Waals surface area contributed by atoms with Gasteiger partial charge in [0, 0.05) is 12.6 Å². The van der Waals surface area contributed by atoms with Gasteiger partial charge >= 0.3 is 6.03 Å². The van der Waals surface area contributed by atoms with Crippen LogP contribution in [0.3, 0.4) is 0 Å². The van der Waals surface area contributed by atoms with Gasteiger partial charge in [-0.15, -0.1) is 0 Å². The van der Waals surface area contributed by atoms with Crippen molar-refractivity contribution >= 4 is 11.9 Å². The quantitative estimate of drug-likeness (QED) is 0.553. The maximum atomic E-state index is 11.1. The lowest BCUT2D eigenvalue weighted by molar-refractivity contribution is -0.126. The van der Waals surface area contributed by atoms with E-state index in [0.717, 1.165) is 4.90 Å². The molecule has 1 rings (SSSR count). The maximum Gasteiger partial charge on any atom is 0.324 e. The molecule has 1 aliphatic rings. The second kappa shape index (κ2) is 3.53. The Bertz CT molecular complexity index is 189. The molecule has 3 amide bonds. The molecular weight excluding hydrogens is 160 g/mol. The number of hydrogen-bond donors (Lipinski definition) is 2. The zero-order valence-corrected chi connectivity index (χ0v) is 6.91. The van der Waals surface area contributed by atoms with Crippen LogP contribution in [0.15, 0.2) is 0 Å². The van der Waals surface area contributed by atoms with Crippen molar-refractivity contribution in [2.24, 2.45) is 0 Å². The van der Waals surface area contributed by atoms with Gasteiger partial charge in [-0.25, -0.2) is 4.79 Å². The fourth-order valence-electron chi connectivity index (χ4n) is 1.20. The minimum Gasteiger partial charge on any atom is -0.396 e. The first-order chi connectivity index (χ1) is 5.66. The minimum absolute atomic E-state index is 0.0156. The molecule has 0 aromatic rings. The molecule has 5 heteroatoms. The molecule has 68 valence electrons. The predicted octanol–water partition coefficient (Wildman–Crippen LogP) is -0.691. The van der Waals surface area contributed by atoms with Crippen molar-refractivity contribution in [3.63, 3.8) is 0 Å². The molecule has 1 aliphatic heterocycles. The lowest BCUT2D eigenvalue weighted by Gasteiger charge is -2.19. The average molecular weight is 172 g/mol. The standard InChI is InChI=1S/C7H12N2O3/c1-5(2-3-10)9-6(11)4-8-7(9)12/h5,10H,2-4H2,1H3,(H,8,12). The summed E-state index contributed by atoms with van der Waals surface area (Å²) in [5, 5.41) is 11.0. The van der Waals surface area contributed by atoms with Gasteiger partial charge in [-0.05, 0) is 13.3 Å². The van der Waals surface area contributed by atoms with Crippen LogP contribution in [0.5, 0.6) is 0 Å². The summed E-state index contributed by atoms with van der Waals surface area (Å²) in [6, 6.07) is -0.578. The third kappa shape index (κ3) is 1.55. The number of imide groups is 1. The first-order valence-corrected chi connectivity index (χ1v) is 3.87. The molecule has 1 heterocycles. The number of carbonyl (C=O) groups is 2. The second-order valence-electron chi connectivity index (χ2n) is 2.78. The zero-order chi connectivity index (χ0) is 9.14. The van der Waals surface area contributed by atoms with Gasteiger partial charge in [-0.2, -0.15) is 0 Å². The van der Waals surface area contributed by atoms with Crippen LogP contribution >= 0.6 is 0 Å². The van der Waals surface area contributed by atoms with Crippen molar-refractivity contribution in [3.8, 4) is 0 Å². The molecule has 0 saturated carbocycles. The molecular formula is C7H12N2O3. The molecule has 0 radical (unpaired) electrons. The number of aliphatic hydroxyl groups is 1. The molecule has 1 unspecified atom stereocenters. The van der Waals surface area contributed by atoms with Crippen LogP contribution in [-0.2, 0) is 4.79 Å². The molecule has 0 spiro atoms. The number of carbonyl (C=O) groups excluding carboxylic acids is 2. The van der Waals surface area contributed by atoms with Crippen LogP contribution in [0.2, 0.25) is 0 Å². The molecule has 0 aromatic carbocycles. The van der Waals surface area contributed by atoms with E-state index in [1.165, 1.54) is 0 Å². The topological polar surface area (TPSA) is 69.6 Å². The van der Waals surface area contributed by atoms with Crippen LogP contribution < -0.4 is 5.32 Å². The van der Waals surface area contributed by atoms with Crippen molar-refractivity contribution in [2.45, 2.75) is 19.4 Å². The van der Waals surface area contributed by atoms with Crippen molar-refractivity contribution in [1.82, 2.24) is 10.2 Å². The lowest BCUT2D eigenvalue weighted by atomic mass is 10.2. The molecule has 1 atom stereocenters. The highest BCUT2D eigenvalue weighted by Gasteiger charge is 2.31. The Morgan fingerprint density at radius 1 is 1.67 bits per heavy atom. The van der Waals surface area contributed by atoms with Crippen LogP contribution in [0.4, 0.5) is 4.79 Å². The minimum atomic E-state index is -0.360. The Morgan fingerprint density at radius 3 is 2.75 bits per heavy atom. The van der Waals surface area contributed by atoms with E-state index >= 15 is 0 Å². The van der Waals surface area contributed by atoms with Gasteiger partial charge in [0.15, 0.2) is 0 Å². The van der Waals surface area contributed by atoms with E-state index < -0.39 is 0 Å². The zero-order valence-electron chi connectivity index (χ0n) is 6.91. The summed E-state index contributed by atoms with van der Waals surface area (Å²) in [6.45, 7) is 1.80. The largest absolute Gasteiger partial charge is 0.396 e. The number of aliphatic hydroxyl groups excluding tert-OH is 1. The summed E-state index contributed by atoms with van der Waals surface area (Å²) in [5.74, 6) is -0.221. The number of urea groups is 1.